The predicted molar refractivity (Wildman–Crippen MR) is 72.2 cm³/mol. The second-order valence-corrected chi connectivity index (χ2v) is 4.84. The predicted octanol–water partition coefficient (Wildman–Crippen LogP) is 3.15. The van der Waals surface area contributed by atoms with Gasteiger partial charge in [-0.3, -0.25) is 0 Å². The maximum Gasteiger partial charge on any atom is 0.151 e. The highest BCUT2D eigenvalue weighted by molar-refractivity contribution is 5.70. The summed E-state index contributed by atoms with van der Waals surface area (Å²) in [5, 5.41) is 0. The number of halogens is 2. The molecule has 2 nitrogen and oxygen atoms in total. The van der Waals surface area contributed by atoms with Gasteiger partial charge in [-0.1, -0.05) is 30.3 Å². The van der Waals surface area contributed by atoms with Crippen LogP contribution < -0.4 is 10.6 Å². The molecular weight excluding hydrogens is 246 g/mol. The summed E-state index contributed by atoms with van der Waals surface area (Å²) in [4.78, 5) is 1.85. The number of hydrogen-bond acceptors (Lipinski definition) is 2. The number of anilines is 2. The maximum atomic E-state index is 13.8. The first-order valence-corrected chi connectivity index (χ1v) is 6.19. The molecule has 0 aliphatic carbocycles. The molecule has 1 heterocycles. The fourth-order valence-electron chi connectivity index (χ4n) is 2.52. The van der Waals surface area contributed by atoms with Crippen LogP contribution in [0.2, 0.25) is 0 Å². The van der Waals surface area contributed by atoms with Crippen LogP contribution in [0.1, 0.15) is 11.5 Å². The molecular formula is C15H14F2N2. The lowest BCUT2D eigenvalue weighted by Gasteiger charge is -2.42. The van der Waals surface area contributed by atoms with Crippen molar-refractivity contribution in [2.45, 2.75) is 5.92 Å². The van der Waals surface area contributed by atoms with Crippen LogP contribution >= 0.6 is 0 Å². The number of nitrogens with zero attached hydrogens (tertiary/aromatic N) is 1. The van der Waals surface area contributed by atoms with Gasteiger partial charge in [0, 0.05) is 25.1 Å². The zero-order valence-electron chi connectivity index (χ0n) is 10.3. The van der Waals surface area contributed by atoms with Crippen LogP contribution in [-0.4, -0.2) is 13.1 Å². The van der Waals surface area contributed by atoms with E-state index < -0.39 is 11.6 Å². The van der Waals surface area contributed by atoms with Crippen LogP contribution in [0.5, 0.6) is 0 Å². The lowest BCUT2D eigenvalue weighted by atomic mass is 9.91. The molecule has 2 N–H and O–H groups in total. The molecule has 0 bridgehead atoms. The summed E-state index contributed by atoms with van der Waals surface area (Å²) >= 11 is 0. The minimum Gasteiger partial charge on any atom is -0.397 e. The Morgan fingerprint density at radius 1 is 1.05 bits per heavy atom. The van der Waals surface area contributed by atoms with Gasteiger partial charge in [0.1, 0.15) is 5.82 Å². The zero-order chi connectivity index (χ0) is 13.4. The highest BCUT2D eigenvalue weighted by Crippen LogP contribution is 2.36. The summed E-state index contributed by atoms with van der Waals surface area (Å²) in [6.45, 7) is 1.41. The van der Waals surface area contributed by atoms with Gasteiger partial charge in [0.25, 0.3) is 0 Å². The molecule has 0 amide bonds. The fraction of sp³-hybridized carbons (Fsp3) is 0.200. The van der Waals surface area contributed by atoms with Crippen LogP contribution in [-0.2, 0) is 0 Å². The van der Waals surface area contributed by atoms with Crippen molar-refractivity contribution < 1.29 is 8.78 Å². The minimum atomic E-state index is -0.640. The molecule has 0 unspecified atom stereocenters. The first-order chi connectivity index (χ1) is 9.15. The molecule has 0 aromatic heterocycles. The van der Waals surface area contributed by atoms with Gasteiger partial charge >= 0.3 is 0 Å². The van der Waals surface area contributed by atoms with E-state index in [1.807, 2.05) is 23.1 Å². The van der Waals surface area contributed by atoms with Crippen molar-refractivity contribution >= 4 is 11.4 Å². The second kappa shape index (κ2) is 4.53. The molecule has 98 valence electrons. The molecule has 1 aliphatic heterocycles. The van der Waals surface area contributed by atoms with Crippen molar-refractivity contribution in [1.82, 2.24) is 0 Å². The van der Waals surface area contributed by atoms with E-state index in [1.54, 1.807) is 0 Å². The van der Waals surface area contributed by atoms with Crippen LogP contribution in [0, 0.1) is 11.6 Å². The van der Waals surface area contributed by atoms with Gasteiger partial charge in [0.2, 0.25) is 0 Å². The fourth-order valence-corrected chi connectivity index (χ4v) is 2.52. The average molecular weight is 260 g/mol. The van der Waals surface area contributed by atoms with E-state index >= 15 is 0 Å². The number of rotatable bonds is 2. The summed E-state index contributed by atoms with van der Waals surface area (Å²) in [6.07, 6.45) is 0. The molecule has 0 atom stereocenters. The highest BCUT2D eigenvalue weighted by Gasteiger charge is 2.31. The quantitative estimate of drug-likeness (QED) is 0.840. The first-order valence-electron chi connectivity index (χ1n) is 6.19. The van der Waals surface area contributed by atoms with Gasteiger partial charge in [0.15, 0.2) is 5.82 Å². The molecule has 2 aromatic rings. The number of nitrogen functional groups attached to an aromatic ring is 1. The Bertz CT molecular complexity index is 569. The molecule has 3 rings (SSSR count). The zero-order valence-corrected chi connectivity index (χ0v) is 10.3. The van der Waals surface area contributed by atoms with Gasteiger partial charge in [0.05, 0.1) is 11.4 Å². The normalized spacial score (nSPS) is 15.4. The van der Waals surface area contributed by atoms with E-state index in [2.05, 4.69) is 12.1 Å². The number of nitrogens with two attached hydrogens (primary N) is 1. The van der Waals surface area contributed by atoms with Crippen LogP contribution in [0.3, 0.4) is 0 Å². The van der Waals surface area contributed by atoms with E-state index in [0.717, 1.165) is 12.1 Å². The van der Waals surface area contributed by atoms with E-state index in [1.165, 1.54) is 5.56 Å². The molecule has 0 radical (unpaired) electrons. The summed E-state index contributed by atoms with van der Waals surface area (Å²) in [7, 11) is 0. The lowest BCUT2D eigenvalue weighted by molar-refractivity contribution is 0.506. The second-order valence-electron chi connectivity index (χ2n) is 4.84. The van der Waals surface area contributed by atoms with Crippen molar-refractivity contribution in [3.63, 3.8) is 0 Å². The third-order valence-corrected chi connectivity index (χ3v) is 3.53. The summed E-state index contributed by atoms with van der Waals surface area (Å²) in [5.41, 5.74) is 7.40. The van der Waals surface area contributed by atoms with E-state index in [0.29, 0.717) is 24.7 Å². The van der Waals surface area contributed by atoms with E-state index in [4.69, 9.17) is 5.73 Å². The molecule has 0 saturated carbocycles. The minimum absolute atomic E-state index is 0.156. The van der Waals surface area contributed by atoms with Crippen molar-refractivity contribution in [3.8, 4) is 0 Å². The third-order valence-electron chi connectivity index (χ3n) is 3.53. The summed E-state index contributed by atoms with van der Waals surface area (Å²) < 4.78 is 26.7. The monoisotopic (exact) mass is 260 g/mol. The third kappa shape index (κ3) is 2.14. The molecule has 19 heavy (non-hydrogen) atoms. The Balaban J connectivity index is 1.78. The summed E-state index contributed by atoms with van der Waals surface area (Å²) in [6, 6.07) is 12.1. The molecule has 1 fully saturated rings. The highest BCUT2D eigenvalue weighted by atomic mass is 19.1. The Kier molecular flexibility index (Phi) is 2.85. The molecule has 2 aromatic carbocycles. The topological polar surface area (TPSA) is 29.3 Å². The number of benzene rings is 2. The maximum absolute atomic E-state index is 13.8. The lowest BCUT2D eigenvalue weighted by Crippen LogP contribution is -2.45. The van der Waals surface area contributed by atoms with Gasteiger partial charge in [-0.25, -0.2) is 8.78 Å². The molecule has 4 heteroatoms. The van der Waals surface area contributed by atoms with Gasteiger partial charge in [-0.05, 0) is 11.6 Å². The Morgan fingerprint density at radius 2 is 1.74 bits per heavy atom. The van der Waals surface area contributed by atoms with E-state index in [-0.39, 0.29) is 5.69 Å². The van der Waals surface area contributed by atoms with Crippen LogP contribution in [0.15, 0.2) is 42.5 Å². The van der Waals surface area contributed by atoms with Crippen LogP contribution in [0.25, 0.3) is 0 Å². The van der Waals surface area contributed by atoms with Crippen molar-refractivity contribution in [3.05, 3.63) is 59.7 Å². The summed E-state index contributed by atoms with van der Waals surface area (Å²) in [5.74, 6) is -0.854. The Morgan fingerprint density at radius 3 is 2.37 bits per heavy atom. The SMILES string of the molecule is Nc1cc(F)cc(F)c1N1CC(c2ccccc2)C1. The van der Waals surface area contributed by atoms with Gasteiger partial charge in [-0.2, -0.15) is 0 Å². The Hall–Kier alpha value is -2.10. The molecule has 1 aliphatic rings. The largest absolute Gasteiger partial charge is 0.397 e. The van der Waals surface area contributed by atoms with E-state index in [9.17, 15) is 8.78 Å². The van der Waals surface area contributed by atoms with Crippen LogP contribution in [0.4, 0.5) is 20.2 Å². The Labute approximate surface area is 110 Å². The van der Waals surface area contributed by atoms with Crippen molar-refractivity contribution in [2.75, 3.05) is 23.7 Å². The first kappa shape index (κ1) is 12.0. The number of hydrogen-bond donors (Lipinski definition) is 1. The molecule has 1 saturated heterocycles. The average Bonchev–Trinajstić information content (AvgIpc) is 2.32. The smallest absolute Gasteiger partial charge is 0.151 e. The van der Waals surface area contributed by atoms with Gasteiger partial charge < -0.3 is 10.6 Å². The molecule has 0 spiro atoms. The van der Waals surface area contributed by atoms with Crippen molar-refractivity contribution in [2.24, 2.45) is 0 Å². The van der Waals surface area contributed by atoms with Crippen molar-refractivity contribution in [1.29, 1.82) is 0 Å². The standard InChI is InChI=1S/C15H14F2N2/c16-12-6-13(17)15(14(18)7-12)19-8-11(9-19)10-4-2-1-3-5-10/h1-7,11H,8-9,18H2. The van der Waals surface area contributed by atoms with Gasteiger partial charge in [-0.15, -0.1) is 0 Å².